The van der Waals surface area contributed by atoms with Crippen molar-refractivity contribution in [2.24, 2.45) is 0 Å². The van der Waals surface area contributed by atoms with Crippen LogP contribution in [0.1, 0.15) is 5.56 Å². The Labute approximate surface area is 133 Å². The fraction of sp³-hybridized carbons (Fsp3) is 0.235. The molecule has 0 bridgehead atoms. The maximum atomic E-state index is 12.9. The summed E-state index contributed by atoms with van der Waals surface area (Å²) in [6.07, 6.45) is 5.54. The Kier molecular flexibility index (Phi) is 4.06. The molecule has 1 aromatic carbocycles. The molecule has 0 saturated carbocycles. The number of aliphatic hydroxyl groups is 1. The third-order valence-electron chi connectivity index (χ3n) is 3.94. The van der Waals surface area contributed by atoms with Gasteiger partial charge in [0, 0.05) is 20.1 Å². The number of nitrogens with one attached hydrogen (secondary N) is 2. The first-order valence-corrected chi connectivity index (χ1v) is 7.35. The minimum absolute atomic E-state index is 0.00551. The van der Waals surface area contributed by atoms with Crippen LogP contribution < -0.4 is 10.6 Å². The highest BCUT2D eigenvalue weighted by molar-refractivity contribution is 5.93. The molecule has 0 aromatic heterocycles. The van der Waals surface area contributed by atoms with Crippen LogP contribution in [0.2, 0.25) is 0 Å². The summed E-state index contributed by atoms with van der Waals surface area (Å²) in [4.78, 5) is 14.1. The summed E-state index contributed by atoms with van der Waals surface area (Å²) >= 11 is 0. The normalized spacial score (nSPS) is 19.8. The smallest absolute Gasteiger partial charge is 0.271 e. The van der Waals surface area contributed by atoms with Crippen molar-refractivity contribution in [1.82, 2.24) is 15.5 Å². The average Bonchev–Trinajstić information content (AvgIpc) is 2.54. The molecule has 2 heterocycles. The maximum absolute atomic E-state index is 12.9. The Balaban J connectivity index is 1.74. The Morgan fingerprint density at radius 2 is 2.17 bits per heavy atom. The lowest BCUT2D eigenvalue weighted by molar-refractivity contribution is -0.119. The second-order valence-corrected chi connectivity index (χ2v) is 5.60. The van der Waals surface area contributed by atoms with E-state index < -0.39 is 0 Å². The van der Waals surface area contributed by atoms with Crippen LogP contribution in [-0.2, 0) is 11.3 Å². The SMILES string of the molecule is CN1CC2=CC=CNC2C(O)=C1C(=O)NCc1ccc(F)cc1. The van der Waals surface area contributed by atoms with E-state index in [1.165, 1.54) is 12.1 Å². The molecule has 0 radical (unpaired) electrons. The lowest BCUT2D eigenvalue weighted by Gasteiger charge is -2.35. The third-order valence-corrected chi connectivity index (χ3v) is 3.94. The monoisotopic (exact) mass is 315 g/mol. The van der Waals surface area contributed by atoms with Gasteiger partial charge in [-0.15, -0.1) is 0 Å². The molecule has 0 aliphatic carbocycles. The van der Waals surface area contributed by atoms with Crippen molar-refractivity contribution < 1.29 is 14.3 Å². The van der Waals surface area contributed by atoms with Gasteiger partial charge in [0.25, 0.3) is 5.91 Å². The van der Waals surface area contributed by atoms with Crippen molar-refractivity contribution >= 4 is 5.91 Å². The number of hydrogen-bond acceptors (Lipinski definition) is 4. The number of rotatable bonds is 3. The van der Waals surface area contributed by atoms with Gasteiger partial charge in [-0.25, -0.2) is 4.39 Å². The number of amides is 1. The first-order valence-electron chi connectivity index (χ1n) is 7.35. The molecule has 1 unspecified atom stereocenters. The van der Waals surface area contributed by atoms with Crippen LogP contribution >= 0.6 is 0 Å². The quantitative estimate of drug-likeness (QED) is 0.792. The predicted molar refractivity (Wildman–Crippen MR) is 84.7 cm³/mol. The van der Waals surface area contributed by atoms with Crippen molar-refractivity contribution in [3.05, 3.63) is 71.0 Å². The van der Waals surface area contributed by atoms with Crippen LogP contribution in [0.5, 0.6) is 0 Å². The van der Waals surface area contributed by atoms with Gasteiger partial charge in [-0.2, -0.15) is 0 Å². The highest BCUT2D eigenvalue weighted by Gasteiger charge is 2.33. The summed E-state index contributed by atoms with van der Waals surface area (Å²) in [7, 11) is 1.76. The number of hydrogen-bond donors (Lipinski definition) is 3. The van der Waals surface area contributed by atoms with Crippen LogP contribution in [-0.4, -0.2) is 35.5 Å². The third kappa shape index (κ3) is 3.06. The van der Waals surface area contributed by atoms with Gasteiger partial charge in [-0.3, -0.25) is 4.79 Å². The molecule has 2 aliphatic heterocycles. The zero-order valence-electron chi connectivity index (χ0n) is 12.7. The second-order valence-electron chi connectivity index (χ2n) is 5.60. The van der Waals surface area contributed by atoms with Crippen LogP contribution in [0.3, 0.4) is 0 Å². The highest BCUT2D eigenvalue weighted by atomic mass is 19.1. The van der Waals surface area contributed by atoms with Gasteiger partial charge in [0.15, 0.2) is 0 Å². The Morgan fingerprint density at radius 3 is 2.91 bits per heavy atom. The Morgan fingerprint density at radius 1 is 1.43 bits per heavy atom. The lowest BCUT2D eigenvalue weighted by Crippen LogP contribution is -2.46. The van der Waals surface area contributed by atoms with Crippen molar-refractivity contribution in [2.45, 2.75) is 12.6 Å². The molecule has 1 amide bonds. The molecule has 5 nitrogen and oxygen atoms in total. The van der Waals surface area contributed by atoms with Gasteiger partial charge in [0.05, 0.1) is 0 Å². The standard InChI is InChI=1S/C17H18FN3O2/c1-21-10-12-3-2-8-19-14(12)16(22)15(21)17(23)20-9-11-4-6-13(18)7-5-11/h2-8,14,19,22H,9-10H2,1H3,(H,20,23). The molecule has 1 aromatic rings. The molecule has 0 spiro atoms. The van der Waals surface area contributed by atoms with Gasteiger partial charge < -0.3 is 20.6 Å². The lowest BCUT2D eigenvalue weighted by atomic mass is 9.96. The van der Waals surface area contributed by atoms with E-state index in [-0.39, 0.29) is 35.8 Å². The predicted octanol–water partition coefficient (Wildman–Crippen LogP) is 1.57. The number of allylic oxidation sites excluding steroid dienone is 2. The van der Waals surface area contributed by atoms with Gasteiger partial charge in [-0.05, 0) is 35.5 Å². The average molecular weight is 315 g/mol. The Bertz CT molecular complexity index is 707. The fourth-order valence-electron chi connectivity index (χ4n) is 2.77. The number of benzene rings is 1. The van der Waals surface area contributed by atoms with Crippen molar-refractivity contribution in [3.63, 3.8) is 0 Å². The topological polar surface area (TPSA) is 64.6 Å². The van der Waals surface area contributed by atoms with Crippen molar-refractivity contribution in [3.8, 4) is 0 Å². The van der Waals surface area contributed by atoms with Crippen molar-refractivity contribution in [1.29, 1.82) is 0 Å². The van der Waals surface area contributed by atoms with Crippen molar-refractivity contribution in [2.75, 3.05) is 13.6 Å². The first kappa shape index (κ1) is 15.1. The largest absolute Gasteiger partial charge is 0.507 e. The van der Waals surface area contributed by atoms with E-state index in [2.05, 4.69) is 10.6 Å². The van der Waals surface area contributed by atoms with E-state index in [1.807, 2.05) is 12.2 Å². The maximum Gasteiger partial charge on any atom is 0.271 e. The second kappa shape index (κ2) is 6.16. The number of aliphatic hydroxyl groups excluding tert-OH is 1. The number of carbonyl (C=O) groups is 1. The van der Waals surface area contributed by atoms with Gasteiger partial charge >= 0.3 is 0 Å². The van der Waals surface area contributed by atoms with Gasteiger partial charge in [0.1, 0.15) is 23.3 Å². The zero-order valence-corrected chi connectivity index (χ0v) is 12.7. The Hall–Kier alpha value is -2.76. The molecular weight excluding hydrogens is 297 g/mol. The molecule has 120 valence electrons. The molecule has 6 heteroatoms. The highest BCUT2D eigenvalue weighted by Crippen LogP contribution is 2.25. The zero-order chi connectivity index (χ0) is 16.4. The fourth-order valence-corrected chi connectivity index (χ4v) is 2.77. The number of nitrogens with zero attached hydrogens (tertiary/aromatic N) is 1. The number of likely N-dealkylation sites (N-methyl/N-ethyl adjacent to an activating group) is 1. The van der Waals surface area contributed by atoms with E-state index in [0.29, 0.717) is 6.54 Å². The summed E-state index contributed by atoms with van der Waals surface area (Å²) in [6.45, 7) is 0.829. The molecule has 23 heavy (non-hydrogen) atoms. The van der Waals surface area contributed by atoms with Gasteiger partial charge in [-0.1, -0.05) is 18.2 Å². The molecule has 2 aliphatic rings. The van der Waals surface area contributed by atoms with E-state index in [9.17, 15) is 14.3 Å². The van der Waals surface area contributed by atoms with Gasteiger partial charge in [0.2, 0.25) is 0 Å². The summed E-state index contributed by atoms with van der Waals surface area (Å²) in [5, 5.41) is 16.2. The minimum atomic E-state index is -0.359. The summed E-state index contributed by atoms with van der Waals surface area (Å²) < 4.78 is 12.9. The van der Waals surface area contributed by atoms with Crippen LogP contribution in [0.25, 0.3) is 0 Å². The van der Waals surface area contributed by atoms with Crippen LogP contribution in [0, 0.1) is 5.82 Å². The summed E-state index contributed by atoms with van der Waals surface area (Å²) in [5.74, 6) is -0.668. The van der Waals surface area contributed by atoms with Crippen LogP contribution in [0.4, 0.5) is 4.39 Å². The number of carbonyl (C=O) groups excluding carboxylic acids is 1. The number of dihydropyridines is 1. The van der Waals surface area contributed by atoms with E-state index >= 15 is 0 Å². The van der Waals surface area contributed by atoms with E-state index in [4.69, 9.17) is 0 Å². The summed E-state index contributed by atoms with van der Waals surface area (Å²) in [5.41, 5.74) is 2.04. The summed E-state index contributed by atoms with van der Waals surface area (Å²) in [6, 6.07) is 5.56. The number of fused-ring (bicyclic) bond motifs is 1. The van der Waals surface area contributed by atoms with Crippen LogP contribution in [0.15, 0.2) is 59.6 Å². The molecule has 1 atom stereocenters. The molecule has 0 fully saturated rings. The number of halogens is 1. The minimum Gasteiger partial charge on any atom is -0.507 e. The molecular formula is C17H18FN3O2. The van der Waals surface area contributed by atoms with E-state index in [0.717, 1.165) is 11.1 Å². The molecule has 3 N–H and O–H groups in total. The van der Waals surface area contributed by atoms with E-state index in [1.54, 1.807) is 30.3 Å². The first-order chi connectivity index (χ1) is 11.1. The molecule has 3 rings (SSSR count). The molecule has 0 saturated heterocycles.